The maximum absolute atomic E-state index is 12.1. The first kappa shape index (κ1) is 79.7. The Hall–Kier alpha value is -6.44. The largest absolute Gasteiger partial charge is 0.463 e. The standard InChI is InChI=1S/C20H28O8.C20H30O7.C18H26O6.C18H28O5/c1-4-20(2,3)19(24)26-9-15(21)25-10-16(22)28-17-12-5-11-6-13(8-12)18(23)27-14(17)7-11;1-4-20(2,3)19(23)25-6-5-24-16(21)11-26-17-13-7-12-8-14(10-13)18(22)27-15(17)9-12;1-4-18(2,3)17(21)22-9-14(19)24-15-11-5-10-6-12(8-11)16(20)23-13(15)7-10;1-4-18(2,3)17(20)22-6-5-21-15-12-7-11-8-13(10-12)16(19)23-14(15)9-11/h11-14,17H,4-10H2,1-3H3;12-15,17H,4-11H2,1-3H3;10-13,15H,4-9H2,1-3H3;11-15H,4-10H2,1-3H3. The second-order valence-electron chi connectivity index (χ2n) is 33.2. The highest BCUT2D eigenvalue weighted by Gasteiger charge is 2.55. The minimum absolute atomic E-state index is 0.00435. The van der Waals surface area contributed by atoms with E-state index in [1.807, 2.05) is 55.4 Å². The quantitative estimate of drug-likeness (QED) is 0.0443. The third-order valence-corrected chi connectivity index (χ3v) is 24.2. The summed E-state index contributed by atoms with van der Waals surface area (Å²) in [6.07, 6.45) is 14.4. The summed E-state index contributed by atoms with van der Waals surface area (Å²) in [6.45, 7) is 21.0. The van der Waals surface area contributed by atoms with Gasteiger partial charge in [0.1, 0.15) is 63.1 Å². The molecule has 0 spiro atoms. The van der Waals surface area contributed by atoms with Gasteiger partial charge >= 0.3 is 71.6 Å². The zero-order valence-corrected chi connectivity index (χ0v) is 62.0. The molecule has 572 valence electrons. The van der Waals surface area contributed by atoms with Gasteiger partial charge in [0.2, 0.25) is 0 Å². The molecule has 0 N–H and O–H groups in total. The number of rotatable bonds is 26. The van der Waals surface area contributed by atoms with Crippen molar-refractivity contribution in [1.29, 1.82) is 0 Å². The molecule has 16 rings (SSSR count). The van der Waals surface area contributed by atoms with Crippen molar-refractivity contribution in [3.63, 3.8) is 0 Å². The Morgan fingerprint density at radius 1 is 0.304 bits per heavy atom. The van der Waals surface area contributed by atoms with Gasteiger partial charge in [-0.3, -0.25) is 38.4 Å². The number of hydrogen-bond acceptors (Lipinski definition) is 26. The van der Waals surface area contributed by atoms with Gasteiger partial charge in [0, 0.05) is 11.8 Å². The molecular weight excluding hydrogens is 1330 g/mol. The van der Waals surface area contributed by atoms with Crippen molar-refractivity contribution in [3.05, 3.63) is 0 Å². The molecule has 8 aliphatic carbocycles. The molecule has 20 atom stereocenters. The van der Waals surface area contributed by atoms with Crippen LogP contribution in [0.1, 0.15) is 212 Å². The van der Waals surface area contributed by atoms with Crippen LogP contribution in [-0.4, -0.2) is 173 Å². The SMILES string of the molecule is CCC(C)(C)C(=O)OCC(=O)OC1C2CC3CC(C2)C(=O)OC1C3.CCC(C)(C)C(=O)OCC(=O)OCC(=O)OC1C2CC3CC(C2)C(=O)OC1C3.CCC(C)(C)C(=O)OCCOC(=O)COC1C2CC3CC(C2)C(=O)OC1C3.CCC(C)(C)C(=O)OCCOC1C2CC3CC(C2)C(=O)OC1C3. The molecule has 16 bridgehead atoms. The van der Waals surface area contributed by atoms with Crippen LogP contribution in [0, 0.1) is 92.7 Å². The fourth-order valence-electron chi connectivity index (χ4n) is 16.9. The van der Waals surface area contributed by atoms with Crippen molar-refractivity contribution in [2.24, 2.45) is 92.7 Å². The maximum Gasteiger partial charge on any atom is 0.344 e. The van der Waals surface area contributed by atoms with E-state index in [0.717, 1.165) is 96.3 Å². The van der Waals surface area contributed by atoms with Gasteiger partial charge in [-0.25, -0.2) is 19.2 Å². The molecule has 0 aromatic carbocycles. The predicted molar refractivity (Wildman–Crippen MR) is 357 cm³/mol. The van der Waals surface area contributed by atoms with Crippen LogP contribution in [-0.2, 0) is 124 Å². The Morgan fingerprint density at radius 2 is 0.578 bits per heavy atom. The van der Waals surface area contributed by atoms with Crippen molar-refractivity contribution >= 4 is 71.6 Å². The molecule has 8 saturated heterocycles. The second kappa shape index (κ2) is 34.2. The summed E-state index contributed by atoms with van der Waals surface area (Å²) in [5.41, 5.74) is -2.29. The molecular formula is C76H112O26. The van der Waals surface area contributed by atoms with E-state index in [0.29, 0.717) is 68.3 Å². The van der Waals surface area contributed by atoms with Crippen LogP contribution >= 0.6 is 0 Å². The summed E-state index contributed by atoms with van der Waals surface area (Å²) in [5.74, 6) is -1.54. The summed E-state index contributed by atoms with van der Waals surface area (Å²) < 4.78 is 75.5. The predicted octanol–water partition coefficient (Wildman–Crippen LogP) is 8.99. The molecule has 0 radical (unpaired) electrons. The Labute approximate surface area is 599 Å². The zero-order valence-electron chi connectivity index (χ0n) is 62.0. The van der Waals surface area contributed by atoms with Crippen LogP contribution in [0.3, 0.4) is 0 Å². The van der Waals surface area contributed by atoms with Gasteiger partial charge in [0.25, 0.3) is 0 Å². The maximum atomic E-state index is 12.1. The van der Waals surface area contributed by atoms with Crippen molar-refractivity contribution in [3.8, 4) is 0 Å². The minimum atomic E-state index is -0.814. The summed E-state index contributed by atoms with van der Waals surface area (Å²) in [5, 5.41) is 0. The summed E-state index contributed by atoms with van der Waals surface area (Å²) >= 11 is 0. The van der Waals surface area contributed by atoms with E-state index in [4.69, 9.17) is 66.3 Å². The zero-order chi connectivity index (χ0) is 74.2. The summed E-state index contributed by atoms with van der Waals surface area (Å²) in [6, 6.07) is 0. The van der Waals surface area contributed by atoms with Gasteiger partial charge in [-0.15, -0.1) is 0 Å². The smallest absolute Gasteiger partial charge is 0.344 e. The van der Waals surface area contributed by atoms with Gasteiger partial charge in [-0.1, -0.05) is 27.7 Å². The monoisotopic (exact) mass is 1440 g/mol. The molecule has 16 aliphatic rings. The van der Waals surface area contributed by atoms with Crippen LogP contribution in [0.25, 0.3) is 0 Å². The topological polar surface area (TPSA) is 334 Å². The number of esters is 12. The molecule has 8 heterocycles. The molecule has 8 aliphatic heterocycles. The summed E-state index contributed by atoms with van der Waals surface area (Å²) in [4.78, 5) is 144. The number of ether oxygens (including phenoxy) is 14. The molecule has 20 unspecified atom stereocenters. The number of fused-ring (bicyclic) bond motifs is 4. The van der Waals surface area contributed by atoms with Gasteiger partial charge in [0.05, 0.1) is 64.1 Å². The van der Waals surface area contributed by atoms with E-state index in [9.17, 15) is 57.5 Å². The van der Waals surface area contributed by atoms with Gasteiger partial charge in [-0.2, -0.15) is 0 Å². The highest BCUT2D eigenvalue weighted by molar-refractivity contribution is 5.82. The molecule has 26 nitrogen and oxygen atoms in total. The van der Waals surface area contributed by atoms with E-state index in [1.165, 1.54) is 0 Å². The second-order valence-corrected chi connectivity index (χ2v) is 33.2. The van der Waals surface area contributed by atoms with Crippen LogP contribution in [0.15, 0.2) is 0 Å². The van der Waals surface area contributed by atoms with E-state index in [2.05, 4.69) is 0 Å². The number of hydrogen-bond donors (Lipinski definition) is 0. The Morgan fingerprint density at radius 3 is 0.931 bits per heavy atom. The van der Waals surface area contributed by atoms with Crippen molar-refractivity contribution in [1.82, 2.24) is 0 Å². The fourth-order valence-corrected chi connectivity index (χ4v) is 16.9. The Bertz CT molecular complexity index is 3040. The Kier molecular flexibility index (Phi) is 26.7. The van der Waals surface area contributed by atoms with E-state index >= 15 is 0 Å². The first-order chi connectivity index (χ1) is 48.2. The van der Waals surface area contributed by atoms with Gasteiger partial charge < -0.3 is 66.3 Å². The van der Waals surface area contributed by atoms with Crippen LogP contribution in [0.5, 0.6) is 0 Å². The lowest BCUT2D eigenvalue weighted by Crippen LogP contribution is -2.45. The summed E-state index contributed by atoms with van der Waals surface area (Å²) in [7, 11) is 0. The van der Waals surface area contributed by atoms with Crippen molar-refractivity contribution in [2.45, 2.75) is 260 Å². The first-order valence-electron chi connectivity index (χ1n) is 37.6. The van der Waals surface area contributed by atoms with Crippen LogP contribution < -0.4 is 0 Å². The normalized spacial score (nSPS) is 33.1. The lowest BCUT2D eigenvalue weighted by molar-refractivity contribution is -0.180. The molecule has 0 amide bonds. The highest BCUT2D eigenvalue weighted by Crippen LogP contribution is 2.52. The third kappa shape index (κ3) is 20.1. The van der Waals surface area contributed by atoms with Gasteiger partial charge in [0.15, 0.2) is 19.8 Å². The van der Waals surface area contributed by atoms with Crippen LogP contribution in [0.2, 0.25) is 0 Å². The molecule has 102 heavy (non-hydrogen) atoms. The van der Waals surface area contributed by atoms with E-state index in [-0.39, 0.29) is 141 Å². The highest BCUT2D eigenvalue weighted by atomic mass is 16.6. The molecule has 0 aromatic heterocycles. The van der Waals surface area contributed by atoms with Crippen molar-refractivity contribution in [2.75, 3.05) is 52.9 Å². The minimum Gasteiger partial charge on any atom is -0.463 e. The fraction of sp³-hybridized carbons (Fsp3) is 0.842. The average molecular weight is 1440 g/mol. The molecule has 8 saturated carbocycles. The third-order valence-electron chi connectivity index (χ3n) is 24.2. The first-order valence-corrected chi connectivity index (χ1v) is 37.6. The lowest BCUT2D eigenvalue weighted by Gasteiger charge is -2.41. The van der Waals surface area contributed by atoms with Crippen molar-refractivity contribution < 1.29 is 124 Å². The lowest BCUT2D eigenvalue weighted by atomic mass is 9.67. The van der Waals surface area contributed by atoms with E-state index < -0.39 is 89.0 Å². The Balaban J connectivity index is 0.000000159. The number of carbonyl (C=O) groups is 12. The number of carbonyl (C=O) groups excluding carboxylic acids is 12. The van der Waals surface area contributed by atoms with Crippen LogP contribution in [0.4, 0.5) is 0 Å². The average Bonchev–Trinajstić information content (AvgIpc) is 1.63. The molecule has 0 aromatic rings. The molecule has 16 fully saturated rings. The van der Waals surface area contributed by atoms with E-state index in [1.54, 1.807) is 27.7 Å². The van der Waals surface area contributed by atoms with Gasteiger partial charge in [-0.05, 0) is 219 Å². The molecule has 26 heteroatoms.